The monoisotopic (exact) mass is 428 g/mol. The minimum atomic E-state index is -0.223. The molecule has 3 rings (SSSR count). The van der Waals surface area contributed by atoms with Gasteiger partial charge in [0.15, 0.2) is 6.61 Å². The molecule has 1 fully saturated rings. The van der Waals surface area contributed by atoms with Crippen LogP contribution in [0.5, 0.6) is 11.5 Å². The van der Waals surface area contributed by atoms with Crippen LogP contribution in [0.1, 0.15) is 39.2 Å². The van der Waals surface area contributed by atoms with Gasteiger partial charge >= 0.3 is 0 Å². The summed E-state index contributed by atoms with van der Waals surface area (Å²) in [5, 5.41) is 0. The van der Waals surface area contributed by atoms with E-state index in [-0.39, 0.29) is 30.4 Å². The molecule has 2 aromatic rings. The van der Waals surface area contributed by atoms with Crippen molar-refractivity contribution >= 4 is 5.91 Å². The predicted octanol–water partition coefficient (Wildman–Crippen LogP) is 4.50. The Kier molecular flexibility index (Phi) is 8.29. The largest absolute Gasteiger partial charge is 0.494 e. The van der Waals surface area contributed by atoms with Gasteiger partial charge in [-0.1, -0.05) is 25.5 Å². The molecule has 0 saturated carbocycles. The maximum absolute atomic E-state index is 13.1. The molecule has 0 bridgehead atoms. The highest BCUT2D eigenvalue weighted by Gasteiger charge is 2.32. The second-order valence-corrected chi connectivity index (χ2v) is 8.26. The fourth-order valence-electron chi connectivity index (χ4n) is 3.78. The second-order valence-electron chi connectivity index (χ2n) is 8.26. The van der Waals surface area contributed by atoms with Gasteiger partial charge in [0.25, 0.3) is 5.91 Å². The SMILES string of the molecule is CCCCOc1ccc(OCC(=O)N2CC(C)N(Cc3ccc(F)cc3)CC2C)cc1. The van der Waals surface area contributed by atoms with Crippen molar-refractivity contribution in [2.24, 2.45) is 0 Å². The zero-order valence-corrected chi connectivity index (χ0v) is 18.7. The second kappa shape index (κ2) is 11.1. The van der Waals surface area contributed by atoms with Crippen LogP contribution in [0.15, 0.2) is 48.5 Å². The molecule has 1 aliphatic heterocycles. The summed E-state index contributed by atoms with van der Waals surface area (Å²) in [6.07, 6.45) is 2.13. The predicted molar refractivity (Wildman–Crippen MR) is 120 cm³/mol. The Morgan fingerprint density at radius 2 is 1.61 bits per heavy atom. The molecule has 5 nitrogen and oxygen atoms in total. The van der Waals surface area contributed by atoms with E-state index in [0.29, 0.717) is 18.9 Å². The van der Waals surface area contributed by atoms with E-state index in [1.165, 1.54) is 12.1 Å². The van der Waals surface area contributed by atoms with E-state index in [9.17, 15) is 9.18 Å². The lowest BCUT2D eigenvalue weighted by atomic mass is 10.1. The molecule has 2 aromatic carbocycles. The molecule has 6 heteroatoms. The number of hydrogen-bond acceptors (Lipinski definition) is 4. The van der Waals surface area contributed by atoms with Gasteiger partial charge in [-0.05, 0) is 62.2 Å². The Labute approximate surface area is 184 Å². The van der Waals surface area contributed by atoms with Crippen molar-refractivity contribution in [2.75, 3.05) is 26.3 Å². The topological polar surface area (TPSA) is 42.0 Å². The lowest BCUT2D eigenvalue weighted by Gasteiger charge is -2.44. The highest BCUT2D eigenvalue weighted by Crippen LogP contribution is 2.20. The van der Waals surface area contributed by atoms with E-state index in [1.807, 2.05) is 41.3 Å². The van der Waals surface area contributed by atoms with Gasteiger partial charge in [0.1, 0.15) is 17.3 Å². The summed E-state index contributed by atoms with van der Waals surface area (Å²) >= 11 is 0. The Morgan fingerprint density at radius 3 is 2.26 bits per heavy atom. The first-order chi connectivity index (χ1) is 15.0. The molecule has 0 N–H and O–H groups in total. The zero-order chi connectivity index (χ0) is 22.2. The molecule has 1 aliphatic rings. The first-order valence-electron chi connectivity index (χ1n) is 11.1. The molecule has 0 spiro atoms. The molecule has 0 aromatic heterocycles. The van der Waals surface area contributed by atoms with Gasteiger partial charge in [-0.15, -0.1) is 0 Å². The van der Waals surface area contributed by atoms with E-state index in [1.54, 1.807) is 0 Å². The average Bonchev–Trinajstić information content (AvgIpc) is 2.77. The number of benzene rings is 2. The highest BCUT2D eigenvalue weighted by molar-refractivity contribution is 5.78. The van der Waals surface area contributed by atoms with Crippen molar-refractivity contribution in [3.63, 3.8) is 0 Å². The molecular weight excluding hydrogens is 395 g/mol. The summed E-state index contributed by atoms with van der Waals surface area (Å²) < 4.78 is 24.5. The van der Waals surface area contributed by atoms with E-state index < -0.39 is 0 Å². The number of halogens is 1. The standard InChI is InChI=1S/C25H33FN2O3/c1-4-5-14-30-23-10-12-24(13-11-23)31-18-25(29)28-16-19(2)27(15-20(28)3)17-21-6-8-22(26)9-7-21/h6-13,19-20H,4-5,14-18H2,1-3H3. The number of rotatable bonds is 9. The summed E-state index contributed by atoms with van der Waals surface area (Å²) in [7, 11) is 0. The van der Waals surface area contributed by atoms with Gasteiger partial charge < -0.3 is 14.4 Å². The lowest BCUT2D eigenvalue weighted by molar-refractivity contribution is -0.139. The lowest BCUT2D eigenvalue weighted by Crippen LogP contribution is -2.58. The summed E-state index contributed by atoms with van der Waals surface area (Å²) in [5.74, 6) is 1.24. The van der Waals surface area contributed by atoms with Gasteiger partial charge in [-0.25, -0.2) is 4.39 Å². The van der Waals surface area contributed by atoms with Crippen LogP contribution in [0.2, 0.25) is 0 Å². The normalized spacial score (nSPS) is 19.3. The van der Waals surface area contributed by atoms with E-state index in [2.05, 4.69) is 25.7 Å². The summed E-state index contributed by atoms with van der Waals surface area (Å²) in [6.45, 7) is 9.20. The summed E-state index contributed by atoms with van der Waals surface area (Å²) in [4.78, 5) is 17.0. The van der Waals surface area contributed by atoms with Gasteiger partial charge in [-0.2, -0.15) is 0 Å². The molecule has 2 unspecified atom stereocenters. The molecule has 0 aliphatic carbocycles. The molecule has 1 saturated heterocycles. The van der Waals surface area contributed by atoms with Gasteiger partial charge in [0.2, 0.25) is 0 Å². The van der Waals surface area contributed by atoms with Crippen molar-refractivity contribution in [1.29, 1.82) is 0 Å². The smallest absolute Gasteiger partial charge is 0.260 e. The first-order valence-corrected chi connectivity index (χ1v) is 11.1. The third-order valence-electron chi connectivity index (χ3n) is 5.69. The Bertz CT molecular complexity index is 826. The average molecular weight is 429 g/mol. The number of carbonyl (C=O) groups excluding carboxylic acids is 1. The Hall–Kier alpha value is -2.60. The molecule has 0 radical (unpaired) electrons. The van der Waals surface area contributed by atoms with Crippen LogP contribution < -0.4 is 9.47 Å². The molecule has 1 heterocycles. The molecule has 2 atom stereocenters. The fraction of sp³-hybridized carbons (Fsp3) is 0.480. The number of hydrogen-bond donors (Lipinski definition) is 0. The zero-order valence-electron chi connectivity index (χ0n) is 18.7. The molecule has 31 heavy (non-hydrogen) atoms. The molecule has 1 amide bonds. The third-order valence-corrected chi connectivity index (χ3v) is 5.69. The van der Waals surface area contributed by atoms with Gasteiger partial charge in [-0.3, -0.25) is 9.69 Å². The summed E-state index contributed by atoms with van der Waals surface area (Å²) in [5.41, 5.74) is 1.07. The van der Waals surface area contributed by atoms with E-state index in [0.717, 1.165) is 37.2 Å². The maximum atomic E-state index is 13.1. The third kappa shape index (κ3) is 6.69. The highest BCUT2D eigenvalue weighted by atomic mass is 19.1. The number of piperazine rings is 1. The van der Waals surface area contributed by atoms with Crippen molar-refractivity contribution in [3.05, 3.63) is 59.9 Å². The number of ether oxygens (including phenoxy) is 2. The maximum Gasteiger partial charge on any atom is 0.260 e. The Morgan fingerprint density at radius 1 is 0.968 bits per heavy atom. The van der Waals surface area contributed by atoms with Crippen LogP contribution in [-0.4, -0.2) is 54.1 Å². The van der Waals surface area contributed by atoms with Gasteiger partial charge in [0, 0.05) is 31.7 Å². The van der Waals surface area contributed by atoms with Crippen molar-refractivity contribution in [3.8, 4) is 11.5 Å². The van der Waals surface area contributed by atoms with Crippen molar-refractivity contribution in [1.82, 2.24) is 9.80 Å². The molecule has 168 valence electrons. The van der Waals surface area contributed by atoms with Crippen LogP contribution in [0.3, 0.4) is 0 Å². The summed E-state index contributed by atoms with van der Waals surface area (Å²) in [6, 6.07) is 14.3. The number of unbranched alkanes of at least 4 members (excludes halogenated alkanes) is 1. The van der Waals surface area contributed by atoms with Crippen molar-refractivity contribution in [2.45, 2.75) is 52.2 Å². The first kappa shape index (κ1) is 23.1. The minimum absolute atomic E-state index is 0.0101. The number of amides is 1. The van der Waals surface area contributed by atoms with Crippen LogP contribution in [-0.2, 0) is 11.3 Å². The van der Waals surface area contributed by atoms with E-state index in [4.69, 9.17) is 9.47 Å². The van der Waals surface area contributed by atoms with Crippen LogP contribution in [0, 0.1) is 5.82 Å². The van der Waals surface area contributed by atoms with Crippen LogP contribution >= 0.6 is 0 Å². The quantitative estimate of drug-likeness (QED) is 0.552. The Balaban J connectivity index is 1.48. The van der Waals surface area contributed by atoms with Crippen molar-refractivity contribution < 1.29 is 18.7 Å². The minimum Gasteiger partial charge on any atom is -0.494 e. The van der Waals surface area contributed by atoms with Crippen LogP contribution in [0.4, 0.5) is 4.39 Å². The number of carbonyl (C=O) groups is 1. The van der Waals surface area contributed by atoms with Gasteiger partial charge in [0.05, 0.1) is 6.61 Å². The number of nitrogens with zero attached hydrogens (tertiary/aromatic N) is 2. The fourth-order valence-corrected chi connectivity index (χ4v) is 3.78. The van der Waals surface area contributed by atoms with E-state index >= 15 is 0 Å². The van der Waals surface area contributed by atoms with Crippen LogP contribution in [0.25, 0.3) is 0 Å². The molecular formula is C25H33FN2O3.